The average Bonchev–Trinajstić information content (AvgIpc) is 3.25. The number of carbonyl (C=O) groups is 3. The van der Waals surface area contributed by atoms with Gasteiger partial charge in [0.1, 0.15) is 6.10 Å². The highest BCUT2D eigenvalue weighted by Crippen LogP contribution is 2.69. The third-order valence-corrected chi connectivity index (χ3v) is 9.87. The first kappa shape index (κ1) is 27.6. The molecule has 8 nitrogen and oxygen atoms in total. The second-order valence-electron chi connectivity index (χ2n) is 12.3. The van der Waals surface area contributed by atoms with E-state index in [2.05, 4.69) is 6.58 Å². The zero-order valence-corrected chi connectivity index (χ0v) is 23.5. The van der Waals surface area contributed by atoms with Crippen molar-refractivity contribution in [1.82, 2.24) is 0 Å². The highest BCUT2D eigenvalue weighted by Gasteiger charge is 2.71. The zero-order valence-electron chi connectivity index (χ0n) is 23.5. The van der Waals surface area contributed by atoms with Crippen LogP contribution in [0.15, 0.2) is 53.6 Å². The highest BCUT2D eigenvalue weighted by atomic mass is 16.6. The number of benzene rings is 1. The molecule has 1 aliphatic heterocycles. The molecule has 3 aliphatic carbocycles. The van der Waals surface area contributed by atoms with Crippen LogP contribution in [0.25, 0.3) is 0 Å². The fourth-order valence-corrected chi connectivity index (χ4v) is 7.88. The van der Waals surface area contributed by atoms with Crippen LogP contribution in [0.3, 0.4) is 0 Å². The zero-order chi connectivity index (χ0) is 28.5. The molecule has 210 valence electrons. The number of ether oxygens (including phenoxy) is 4. The summed E-state index contributed by atoms with van der Waals surface area (Å²) in [6, 6.07) is 8.68. The van der Waals surface area contributed by atoms with Crippen LogP contribution in [-0.4, -0.2) is 59.1 Å². The van der Waals surface area contributed by atoms with E-state index in [4.69, 9.17) is 18.9 Å². The number of aliphatic hydroxyl groups is 1. The first-order valence-electron chi connectivity index (χ1n) is 13.6. The number of carbonyl (C=O) groups excluding carboxylic acids is 3. The topological polar surface area (TPSA) is 108 Å². The fraction of sp³-hybridized carbons (Fsp3) is 0.581. The lowest BCUT2D eigenvalue weighted by Crippen LogP contribution is -2.60. The molecule has 2 bridgehead atoms. The minimum Gasteiger partial charge on any atom is -0.462 e. The molecule has 0 radical (unpaired) electrons. The van der Waals surface area contributed by atoms with Crippen LogP contribution < -0.4 is 0 Å². The van der Waals surface area contributed by atoms with Crippen molar-refractivity contribution in [2.24, 2.45) is 16.7 Å². The average molecular weight is 539 g/mol. The van der Waals surface area contributed by atoms with Gasteiger partial charge >= 0.3 is 17.9 Å². The lowest BCUT2D eigenvalue weighted by molar-refractivity contribution is -0.195. The Bertz CT molecular complexity index is 1250. The summed E-state index contributed by atoms with van der Waals surface area (Å²) in [4.78, 5) is 38.6. The summed E-state index contributed by atoms with van der Waals surface area (Å²) >= 11 is 0. The monoisotopic (exact) mass is 538 g/mol. The van der Waals surface area contributed by atoms with E-state index in [0.29, 0.717) is 24.0 Å². The van der Waals surface area contributed by atoms with Gasteiger partial charge in [-0.15, -0.1) is 0 Å². The van der Waals surface area contributed by atoms with E-state index in [0.717, 1.165) is 11.1 Å². The Labute approximate surface area is 229 Å². The quantitative estimate of drug-likeness (QED) is 0.343. The van der Waals surface area contributed by atoms with Crippen molar-refractivity contribution in [3.8, 4) is 0 Å². The largest absolute Gasteiger partial charge is 0.462 e. The van der Waals surface area contributed by atoms with E-state index in [1.54, 1.807) is 24.3 Å². The summed E-state index contributed by atoms with van der Waals surface area (Å²) in [5.41, 5.74) is 0.506. The van der Waals surface area contributed by atoms with Crippen molar-refractivity contribution >= 4 is 17.9 Å². The maximum atomic E-state index is 13.6. The Morgan fingerprint density at radius 2 is 1.64 bits per heavy atom. The van der Waals surface area contributed by atoms with Gasteiger partial charge in [-0.2, -0.15) is 0 Å². The molecule has 8 heteroatoms. The molecular formula is C31H38O8. The summed E-state index contributed by atoms with van der Waals surface area (Å²) in [5, 5.41) is 11.1. The number of esters is 3. The van der Waals surface area contributed by atoms with Gasteiger partial charge in [0.15, 0.2) is 12.2 Å². The smallest absolute Gasteiger partial charge is 0.338 e. The second kappa shape index (κ2) is 9.30. The molecule has 8 atom stereocenters. The molecule has 1 saturated heterocycles. The third kappa shape index (κ3) is 4.06. The molecule has 1 heterocycles. The molecule has 1 aromatic rings. The first-order valence-corrected chi connectivity index (χ1v) is 13.6. The van der Waals surface area contributed by atoms with Gasteiger partial charge in [0.05, 0.1) is 28.8 Å². The van der Waals surface area contributed by atoms with Crippen molar-refractivity contribution < 1.29 is 38.4 Å². The van der Waals surface area contributed by atoms with Crippen molar-refractivity contribution in [1.29, 1.82) is 0 Å². The SMILES string of the molecule is C=C1[C@H]2C[C@@]34C[C@@H](OC3(C)C)C(C)=C4[C@@H](OC(=O)c3ccccc3)[C@H](OC(C)=O)[C@]2(C)[C@@H](OC(C)=O)C[C@@H]1O. The minimum atomic E-state index is -1.06. The van der Waals surface area contributed by atoms with E-state index in [9.17, 15) is 19.5 Å². The maximum Gasteiger partial charge on any atom is 0.338 e. The lowest BCUT2D eigenvalue weighted by Gasteiger charge is -2.52. The summed E-state index contributed by atoms with van der Waals surface area (Å²) in [6.45, 7) is 14.9. The molecule has 39 heavy (non-hydrogen) atoms. The van der Waals surface area contributed by atoms with Crippen LogP contribution in [0.5, 0.6) is 0 Å². The van der Waals surface area contributed by atoms with Crippen LogP contribution in [0.2, 0.25) is 0 Å². The summed E-state index contributed by atoms with van der Waals surface area (Å²) in [6.07, 6.45) is -2.63. The van der Waals surface area contributed by atoms with Crippen LogP contribution in [-0.2, 0) is 28.5 Å². The highest BCUT2D eigenvalue weighted by molar-refractivity contribution is 5.89. The van der Waals surface area contributed by atoms with Gasteiger partial charge in [0.2, 0.25) is 0 Å². The molecular weight excluding hydrogens is 500 g/mol. The molecule has 3 fully saturated rings. The van der Waals surface area contributed by atoms with Gasteiger partial charge in [0, 0.05) is 25.7 Å². The third-order valence-electron chi connectivity index (χ3n) is 9.87. The molecule has 0 amide bonds. The molecule has 0 aromatic heterocycles. The summed E-state index contributed by atoms with van der Waals surface area (Å²) < 4.78 is 24.8. The van der Waals surface area contributed by atoms with Crippen molar-refractivity contribution in [3.63, 3.8) is 0 Å². The second-order valence-corrected chi connectivity index (χ2v) is 12.3. The molecule has 4 aliphatic rings. The Hall–Kier alpha value is -2.97. The molecule has 2 saturated carbocycles. The van der Waals surface area contributed by atoms with Crippen LogP contribution in [0, 0.1) is 16.7 Å². The summed E-state index contributed by atoms with van der Waals surface area (Å²) in [7, 11) is 0. The number of hydrogen-bond acceptors (Lipinski definition) is 8. The molecule has 0 unspecified atom stereocenters. The van der Waals surface area contributed by atoms with Gasteiger partial charge in [-0.25, -0.2) is 4.79 Å². The van der Waals surface area contributed by atoms with E-state index in [1.165, 1.54) is 13.8 Å². The minimum absolute atomic E-state index is 0.0933. The first-order chi connectivity index (χ1) is 18.2. The van der Waals surface area contributed by atoms with Crippen LogP contribution in [0.4, 0.5) is 0 Å². The van der Waals surface area contributed by atoms with Crippen LogP contribution >= 0.6 is 0 Å². The van der Waals surface area contributed by atoms with Gasteiger partial charge in [-0.05, 0) is 68.4 Å². The maximum absolute atomic E-state index is 13.6. The van der Waals surface area contributed by atoms with E-state index in [-0.39, 0.29) is 12.5 Å². The van der Waals surface area contributed by atoms with Crippen molar-refractivity contribution in [2.75, 3.05) is 0 Å². The standard InChI is InChI=1S/C31H38O8/c1-16-21-14-31-15-23(39-29(31,5)6)17(2)25(31)26(38-28(35)20-11-9-8-10-12-20)27(37-19(4)33)30(21,7)24(13-22(16)34)36-18(3)32/h8-12,21-24,26-27,34H,1,13-15H2,2-7H3/t21-,22+,23-,24+,26-,27+,30+,31+/m1/s1. The Kier molecular flexibility index (Phi) is 6.58. The van der Waals surface area contributed by atoms with Crippen molar-refractivity contribution in [2.45, 2.75) is 96.9 Å². The Morgan fingerprint density at radius 1 is 1.00 bits per heavy atom. The number of rotatable bonds is 4. The predicted molar refractivity (Wildman–Crippen MR) is 141 cm³/mol. The molecule has 5 rings (SSSR count). The van der Waals surface area contributed by atoms with E-state index in [1.807, 2.05) is 33.8 Å². The molecule has 1 spiro atoms. The van der Waals surface area contributed by atoms with E-state index < -0.39 is 64.7 Å². The molecule has 1 aromatic carbocycles. The lowest BCUT2D eigenvalue weighted by atomic mass is 9.56. The Morgan fingerprint density at radius 3 is 2.26 bits per heavy atom. The molecule has 1 N–H and O–H groups in total. The van der Waals surface area contributed by atoms with Crippen LogP contribution in [0.1, 0.15) is 71.2 Å². The van der Waals surface area contributed by atoms with Gasteiger partial charge in [-0.1, -0.05) is 31.7 Å². The number of hydrogen-bond donors (Lipinski definition) is 1. The number of fused-ring (bicyclic) bond motifs is 2. The number of aliphatic hydroxyl groups excluding tert-OH is 1. The van der Waals surface area contributed by atoms with E-state index >= 15 is 0 Å². The predicted octanol–water partition coefficient (Wildman–Crippen LogP) is 4.31. The fourth-order valence-electron chi connectivity index (χ4n) is 7.88. The van der Waals surface area contributed by atoms with Gasteiger partial charge < -0.3 is 24.1 Å². The summed E-state index contributed by atoms with van der Waals surface area (Å²) in [5.74, 6) is -2.04. The van der Waals surface area contributed by atoms with Crippen molar-refractivity contribution in [3.05, 3.63) is 59.2 Å². The Balaban J connectivity index is 1.76. The van der Waals surface area contributed by atoms with Gasteiger partial charge in [0.25, 0.3) is 0 Å². The normalized spacial score (nSPS) is 38.4. The van der Waals surface area contributed by atoms with Gasteiger partial charge in [-0.3, -0.25) is 9.59 Å².